The van der Waals surface area contributed by atoms with Gasteiger partial charge in [-0.3, -0.25) is 4.72 Å². The number of sulfonamides is 1. The summed E-state index contributed by atoms with van der Waals surface area (Å²) in [5.74, 6) is 0. The largest absolute Gasteiger partial charge is 0.291 e. The highest BCUT2D eigenvalue weighted by molar-refractivity contribution is 7.98. The Balaban J connectivity index is 2.22. The van der Waals surface area contributed by atoms with Crippen LogP contribution in [0.25, 0.3) is 0 Å². The number of nitrogens with one attached hydrogen (secondary N) is 1. The highest BCUT2D eigenvalue weighted by Gasteiger charge is 2.19. The predicted molar refractivity (Wildman–Crippen MR) is 73.7 cm³/mol. The van der Waals surface area contributed by atoms with E-state index in [2.05, 4.69) is 14.9 Å². The average Bonchev–Trinajstić information content (AvgIpc) is 2.77. The summed E-state index contributed by atoms with van der Waals surface area (Å²) >= 11 is 2.64. The van der Waals surface area contributed by atoms with Gasteiger partial charge in [-0.1, -0.05) is 11.3 Å². The molecule has 18 heavy (non-hydrogen) atoms. The fourth-order valence-corrected chi connectivity index (χ4v) is 3.68. The van der Waals surface area contributed by atoms with Gasteiger partial charge in [0, 0.05) is 10.6 Å². The van der Waals surface area contributed by atoms with Gasteiger partial charge in [-0.05, 0) is 37.4 Å². The van der Waals surface area contributed by atoms with Crippen molar-refractivity contribution in [3.63, 3.8) is 0 Å². The SMILES string of the molecule is CSc1ccc(NS(=O)(=O)c2nnc(C)s2)cc1. The molecule has 0 saturated heterocycles. The summed E-state index contributed by atoms with van der Waals surface area (Å²) in [6.07, 6.45) is 1.96. The molecule has 0 atom stereocenters. The van der Waals surface area contributed by atoms with Gasteiger partial charge in [0.05, 0.1) is 0 Å². The second-order valence-corrected chi connectivity index (χ2v) is 7.34. The normalized spacial score (nSPS) is 11.4. The van der Waals surface area contributed by atoms with E-state index >= 15 is 0 Å². The third-order valence-electron chi connectivity index (χ3n) is 2.08. The maximum atomic E-state index is 12.0. The van der Waals surface area contributed by atoms with Gasteiger partial charge >= 0.3 is 0 Å². The zero-order valence-electron chi connectivity index (χ0n) is 9.75. The second kappa shape index (κ2) is 5.25. The van der Waals surface area contributed by atoms with E-state index in [9.17, 15) is 8.42 Å². The highest BCUT2D eigenvalue weighted by atomic mass is 32.2. The van der Waals surface area contributed by atoms with Gasteiger partial charge in [-0.15, -0.1) is 22.0 Å². The molecule has 0 saturated carbocycles. The van der Waals surface area contributed by atoms with E-state index in [-0.39, 0.29) is 4.34 Å². The Morgan fingerprint density at radius 2 is 1.89 bits per heavy atom. The molecule has 2 aromatic rings. The Bertz CT molecular complexity index is 635. The fraction of sp³-hybridized carbons (Fsp3) is 0.200. The molecule has 2 rings (SSSR count). The van der Waals surface area contributed by atoms with Gasteiger partial charge in [0.25, 0.3) is 14.4 Å². The lowest BCUT2D eigenvalue weighted by molar-refractivity contribution is 0.599. The Morgan fingerprint density at radius 3 is 2.39 bits per heavy atom. The number of thioether (sulfide) groups is 1. The number of aromatic nitrogens is 2. The first-order valence-electron chi connectivity index (χ1n) is 4.98. The Labute approximate surface area is 114 Å². The van der Waals surface area contributed by atoms with Crippen LogP contribution in [0.4, 0.5) is 5.69 Å². The van der Waals surface area contributed by atoms with Crippen LogP contribution < -0.4 is 4.72 Å². The molecule has 0 aliphatic rings. The molecule has 1 aromatic heterocycles. The summed E-state index contributed by atoms with van der Waals surface area (Å²) in [7, 11) is -3.62. The molecule has 1 aromatic carbocycles. The van der Waals surface area contributed by atoms with Crippen molar-refractivity contribution in [3.8, 4) is 0 Å². The van der Waals surface area contributed by atoms with Gasteiger partial charge < -0.3 is 0 Å². The summed E-state index contributed by atoms with van der Waals surface area (Å²) in [6.45, 7) is 1.71. The number of rotatable bonds is 4. The molecule has 0 amide bonds. The minimum atomic E-state index is -3.62. The van der Waals surface area contributed by atoms with Crippen molar-refractivity contribution in [2.45, 2.75) is 16.2 Å². The van der Waals surface area contributed by atoms with Crippen LogP contribution in [0.3, 0.4) is 0 Å². The summed E-state index contributed by atoms with van der Waals surface area (Å²) in [5.41, 5.74) is 0.514. The summed E-state index contributed by atoms with van der Waals surface area (Å²) < 4.78 is 26.4. The van der Waals surface area contributed by atoms with Crippen molar-refractivity contribution in [2.75, 3.05) is 11.0 Å². The lowest BCUT2D eigenvalue weighted by Gasteiger charge is -2.05. The van der Waals surface area contributed by atoms with E-state index in [0.29, 0.717) is 10.7 Å². The van der Waals surface area contributed by atoms with Crippen molar-refractivity contribution in [1.82, 2.24) is 10.2 Å². The fourth-order valence-electron chi connectivity index (χ4n) is 1.24. The van der Waals surface area contributed by atoms with Gasteiger partial charge in [0.15, 0.2) is 0 Å². The van der Waals surface area contributed by atoms with Gasteiger partial charge in [0.2, 0.25) is 0 Å². The van der Waals surface area contributed by atoms with Crippen LogP contribution in [0.2, 0.25) is 0 Å². The van der Waals surface area contributed by atoms with Crippen molar-refractivity contribution in [1.29, 1.82) is 0 Å². The van der Waals surface area contributed by atoms with Crippen LogP contribution in [-0.2, 0) is 10.0 Å². The lowest BCUT2D eigenvalue weighted by Crippen LogP contribution is -2.12. The van der Waals surface area contributed by atoms with Gasteiger partial charge in [0.1, 0.15) is 5.01 Å². The minimum Gasteiger partial charge on any atom is -0.278 e. The maximum Gasteiger partial charge on any atom is 0.291 e. The number of nitrogens with zero attached hydrogens (tertiary/aromatic N) is 2. The molecule has 0 aliphatic carbocycles. The van der Waals surface area contributed by atoms with Gasteiger partial charge in [-0.2, -0.15) is 8.42 Å². The van der Waals surface area contributed by atoms with Gasteiger partial charge in [-0.25, -0.2) is 0 Å². The van der Waals surface area contributed by atoms with Crippen LogP contribution in [-0.4, -0.2) is 24.9 Å². The third kappa shape index (κ3) is 3.01. The molecule has 0 radical (unpaired) electrons. The quantitative estimate of drug-likeness (QED) is 0.878. The Morgan fingerprint density at radius 1 is 1.22 bits per heavy atom. The highest BCUT2D eigenvalue weighted by Crippen LogP contribution is 2.21. The lowest BCUT2D eigenvalue weighted by atomic mass is 10.3. The second-order valence-electron chi connectivity index (χ2n) is 3.42. The predicted octanol–water partition coefficient (Wildman–Crippen LogP) is 2.37. The number of hydrogen-bond acceptors (Lipinski definition) is 6. The number of benzene rings is 1. The molecule has 1 heterocycles. The van der Waals surface area contributed by atoms with E-state index < -0.39 is 10.0 Å². The van der Waals surface area contributed by atoms with E-state index in [0.717, 1.165) is 16.2 Å². The molecule has 96 valence electrons. The van der Waals surface area contributed by atoms with Crippen LogP contribution in [0.15, 0.2) is 33.5 Å². The molecule has 1 N–H and O–H groups in total. The molecule has 0 bridgehead atoms. The molecule has 0 aliphatic heterocycles. The molecule has 8 heteroatoms. The smallest absolute Gasteiger partial charge is 0.278 e. The number of anilines is 1. The minimum absolute atomic E-state index is 0.0195. The van der Waals surface area contributed by atoms with E-state index in [1.54, 1.807) is 30.8 Å². The zero-order chi connectivity index (χ0) is 13.2. The Kier molecular flexibility index (Phi) is 3.88. The van der Waals surface area contributed by atoms with Crippen molar-refractivity contribution < 1.29 is 8.42 Å². The van der Waals surface area contributed by atoms with Crippen LogP contribution in [0, 0.1) is 6.92 Å². The van der Waals surface area contributed by atoms with Crippen molar-refractivity contribution >= 4 is 38.8 Å². The zero-order valence-corrected chi connectivity index (χ0v) is 12.2. The molecule has 5 nitrogen and oxygen atoms in total. The molecular formula is C10H11N3O2S3. The topological polar surface area (TPSA) is 72.0 Å². The molecule has 0 spiro atoms. The van der Waals surface area contributed by atoms with Crippen molar-refractivity contribution in [2.24, 2.45) is 0 Å². The third-order valence-corrected chi connectivity index (χ3v) is 5.41. The summed E-state index contributed by atoms with van der Waals surface area (Å²) in [5, 5.41) is 7.95. The molecule has 0 fully saturated rings. The summed E-state index contributed by atoms with van der Waals surface area (Å²) in [4.78, 5) is 1.07. The monoisotopic (exact) mass is 301 g/mol. The first-order chi connectivity index (χ1) is 8.51. The van der Waals surface area contributed by atoms with E-state index in [4.69, 9.17) is 0 Å². The number of aryl methyl sites for hydroxylation is 1. The number of hydrogen-bond donors (Lipinski definition) is 1. The van der Waals surface area contributed by atoms with Crippen molar-refractivity contribution in [3.05, 3.63) is 29.3 Å². The molecular weight excluding hydrogens is 290 g/mol. The average molecular weight is 301 g/mol. The maximum absolute atomic E-state index is 12.0. The standard InChI is InChI=1S/C10H11N3O2S3/c1-7-11-12-10(17-7)18(14,15)13-8-3-5-9(16-2)6-4-8/h3-6,13H,1-2H3. The Hall–Kier alpha value is -1.12. The van der Waals surface area contributed by atoms with Crippen LogP contribution in [0.1, 0.15) is 5.01 Å². The molecule has 0 unspecified atom stereocenters. The first-order valence-corrected chi connectivity index (χ1v) is 8.51. The van der Waals surface area contributed by atoms with E-state index in [1.165, 1.54) is 0 Å². The summed E-state index contributed by atoms with van der Waals surface area (Å²) in [6, 6.07) is 7.15. The van der Waals surface area contributed by atoms with E-state index in [1.807, 2.05) is 18.4 Å². The van der Waals surface area contributed by atoms with Crippen LogP contribution in [0.5, 0.6) is 0 Å². The first kappa shape index (κ1) is 13.3. The van der Waals surface area contributed by atoms with Crippen LogP contribution >= 0.6 is 23.1 Å².